The topological polar surface area (TPSA) is 39.1 Å². The van der Waals surface area contributed by atoms with E-state index in [-0.39, 0.29) is 0 Å². The second kappa shape index (κ2) is 11.2. The summed E-state index contributed by atoms with van der Waals surface area (Å²) in [6.45, 7) is 8.65. The maximum absolute atomic E-state index is 13.6. The molecule has 1 aromatic heterocycles. The molecule has 0 radical (unpaired) electrons. The van der Waals surface area contributed by atoms with E-state index in [0.29, 0.717) is 9.92 Å². The zero-order chi connectivity index (χ0) is 21.5. The summed E-state index contributed by atoms with van der Waals surface area (Å²) in [6, 6.07) is 9.14. The molecule has 3 nitrogen and oxygen atoms in total. The van der Waals surface area contributed by atoms with Gasteiger partial charge in [-0.3, -0.25) is 0 Å². The third-order valence-corrected chi connectivity index (χ3v) is 23.7. The Hall–Kier alpha value is -0.461. The van der Waals surface area contributed by atoms with Crippen LogP contribution in [0.1, 0.15) is 64.9 Å². The summed E-state index contributed by atoms with van der Waals surface area (Å²) in [7, 11) is -3.64. The molecule has 0 unspecified atom stereocenters. The monoisotopic (exact) mass is 545 g/mol. The van der Waals surface area contributed by atoms with Gasteiger partial charge in [0.05, 0.1) is 0 Å². The molecule has 1 heterocycles. The number of nitrogens with zero attached hydrogens (tertiary/aromatic N) is 1. The van der Waals surface area contributed by atoms with Crippen molar-refractivity contribution in [3.05, 3.63) is 47.1 Å². The van der Waals surface area contributed by atoms with Crippen molar-refractivity contribution in [2.45, 2.75) is 84.4 Å². The van der Waals surface area contributed by atoms with Gasteiger partial charge in [-0.15, -0.1) is 0 Å². The van der Waals surface area contributed by atoms with Gasteiger partial charge < -0.3 is 0 Å². The van der Waals surface area contributed by atoms with Gasteiger partial charge in [-0.05, 0) is 0 Å². The molecule has 0 spiro atoms. The van der Waals surface area contributed by atoms with Gasteiger partial charge in [-0.25, -0.2) is 0 Å². The molecule has 29 heavy (non-hydrogen) atoms. The van der Waals surface area contributed by atoms with E-state index in [1.807, 2.05) is 25.1 Å². The molecule has 0 saturated carbocycles. The van der Waals surface area contributed by atoms with Gasteiger partial charge in [0.25, 0.3) is 0 Å². The van der Waals surface area contributed by atoms with E-state index in [1.54, 1.807) is 22.3 Å². The molecule has 2 aromatic rings. The van der Waals surface area contributed by atoms with Crippen molar-refractivity contribution in [2.24, 2.45) is 0 Å². The molecule has 0 aliphatic carbocycles. The predicted molar refractivity (Wildman–Crippen MR) is 128 cm³/mol. The van der Waals surface area contributed by atoms with E-state index < -0.39 is 28.4 Å². The van der Waals surface area contributed by atoms with Crippen LogP contribution in [0.2, 0.25) is 18.3 Å². The Labute approximate surface area is 186 Å². The molecular formula is C23H36ClNO2SSn. The van der Waals surface area contributed by atoms with Crippen LogP contribution in [0.3, 0.4) is 0 Å². The molecule has 0 bridgehead atoms. The number of rotatable bonds is 12. The standard InChI is InChI=1S/C11H9ClNO2S.3C4H9.Sn/c1-9-2-4-11(5-3-9)16(14,15)13-7-6-10(12)8-13;3*1-3-4-2;/h2-6,8H,1H3;3*1,3-4H2,2H3;. The van der Waals surface area contributed by atoms with Crippen LogP contribution >= 0.6 is 11.6 Å². The number of aryl methyl sites for hydroxylation is 1. The van der Waals surface area contributed by atoms with Crippen molar-refractivity contribution >= 4 is 43.7 Å². The first-order chi connectivity index (χ1) is 13.8. The van der Waals surface area contributed by atoms with Crippen molar-refractivity contribution in [3.8, 4) is 0 Å². The predicted octanol–water partition coefficient (Wildman–Crippen LogP) is 6.74. The summed E-state index contributed by atoms with van der Waals surface area (Å²) in [5.41, 5.74) is 1.05. The molecule has 6 heteroatoms. The van der Waals surface area contributed by atoms with Crippen LogP contribution in [-0.4, -0.2) is 30.8 Å². The van der Waals surface area contributed by atoms with Crippen molar-refractivity contribution in [3.63, 3.8) is 0 Å². The number of unbranched alkanes of at least 4 members (excludes halogenated alkanes) is 3. The summed E-state index contributed by atoms with van der Waals surface area (Å²) in [5, 5.41) is 0.543. The molecule has 0 aliphatic heterocycles. The Morgan fingerprint density at radius 1 is 0.897 bits per heavy atom. The Morgan fingerprint density at radius 3 is 1.83 bits per heavy atom. The van der Waals surface area contributed by atoms with Gasteiger partial charge in [0, 0.05) is 0 Å². The average molecular weight is 545 g/mol. The van der Waals surface area contributed by atoms with Gasteiger partial charge >= 0.3 is 188 Å². The fraction of sp³-hybridized carbons (Fsp3) is 0.565. The van der Waals surface area contributed by atoms with Crippen LogP contribution in [-0.2, 0) is 10.0 Å². The van der Waals surface area contributed by atoms with Crippen molar-refractivity contribution in [2.75, 3.05) is 0 Å². The second-order valence-electron chi connectivity index (χ2n) is 8.25. The number of benzene rings is 1. The van der Waals surface area contributed by atoms with Crippen molar-refractivity contribution in [1.29, 1.82) is 0 Å². The normalized spacial score (nSPS) is 12.4. The molecule has 0 aliphatic rings. The Bertz CT molecular complexity index is 853. The van der Waals surface area contributed by atoms with E-state index in [4.69, 9.17) is 11.6 Å². The first-order valence-corrected chi connectivity index (χ1v) is 20.3. The number of aromatic nitrogens is 1. The van der Waals surface area contributed by atoms with E-state index in [2.05, 4.69) is 20.8 Å². The van der Waals surface area contributed by atoms with Gasteiger partial charge in [-0.1, -0.05) is 0 Å². The molecule has 2 rings (SSSR count). The van der Waals surface area contributed by atoms with E-state index >= 15 is 0 Å². The Morgan fingerprint density at radius 2 is 1.38 bits per heavy atom. The van der Waals surface area contributed by atoms with E-state index in [1.165, 1.54) is 32.6 Å². The van der Waals surface area contributed by atoms with E-state index in [0.717, 1.165) is 28.5 Å². The van der Waals surface area contributed by atoms with Crippen LogP contribution in [0.25, 0.3) is 0 Å². The fourth-order valence-electron chi connectivity index (χ4n) is 4.13. The van der Waals surface area contributed by atoms with Crippen molar-refractivity contribution in [1.82, 2.24) is 3.97 Å². The fourth-order valence-corrected chi connectivity index (χ4v) is 24.2. The molecule has 0 atom stereocenters. The third kappa shape index (κ3) is 6.04. The molecule has 0 fully saturated rings. The summed E-state index contributed by atoms with van der Waals surface area (Å²) in [4.78, 5) is 0.346. The van der Waals surface area contributed by atoms with Gasteiger partial charge in [0.1, 0.15) is 0 Å². The van der Waals surface area contributed by atoms with Crippen LogP contribution in [0.15, 0.2) is 41.4 Å². The maximum atomic E-state index is 13.6. The summed E-state index contributed by atoms with van der Waals surface area (Å²) < 4.78 is 33.4. The molecule has 0 N–H and O–H groups in total. The minimum atomic E-state index is -3.64. The summed E-state index contributed by atoms with van der Waals surface area (Å²) >= 11 is 3.48. The number of hydrogen-bond acceptors (Lipinski definition) is 2. The number of hydrogen-bond donors (Lipinski definition) is 0. The first-order valence-electron chi connectivity index (χ1n) is 11.0. The van der Waals surface area contributed by atoms with Crippen LogP contribution in [0.4, 0.5) is 0 Å². The van der Waals surface area contributed by atoms with Gasteiger partial charge in [-0.2, -0.15) is 0 Å². The SMILES string of the molecule is CCC[CH2][Sn]([CH2]CCC)([CH2]CCC)[c]1cc(Cl)cn1S(=O)(=O)c1ccc(C)cc1. The zero-order valence-corrected chi connectivity index (χ0v) is 22.8. The van der Waals surface area contributed by atoms with Crippen molar-refractivity contribution < 1.29 is 8.42 Å². The summed E-state index contributed by atoms with van der Waals surface area (Å²) in [6.07, 6.45) is 8.62. The van der Waals surface area contributed by atoms with Crippen LogP contribution < -0.4 is 3.71 Å². The third-order valence-electron chi connectivity index (χ3n) is 5.90. The van der Waals surface area contributed by atoms with Gasteiger partial charge in [0.2, 0.25) is 0 Å². The molecule has 0 amide bonds. The second-order valence-corrected chi connectivity index (χ2v) is 23.6. The van der Waals surface area contributed by atoms with Crippen LogP contribution in [0.5, 0.6) is 0 Å². The first kappa shape index (κ1) is 24.8. The van der Waals surface area contributed by atoms with Gasteiger partial charge in [0.15, 0.2) is 0 Å². The Balaban J connectivity index is 2.63. The quantitative estimate of drug-likeness (QED) is 0.278. The van der Waals surface area contributed by atoms with Crippen LogP contribution in [0, 0.1) is 6.92 Å². The molecule has 0 saturated heterocycles. The molecule has 1 aromatic carbocycles. The minimum absolute atomic E-state index is 0.346. The number of halogens is 1. The average Bonchev–Trinajstić information content (AvgIpc) is 3.11. The summed E-state index contributed by atoms with van der Waals surface area (Å²) in [5.74, 6) is 0. The van der Waals surface area contributed by atoms with E-state index in [9.17, 15) is 8.42 Å². The Kier molecular flexibility index (Phi) is 9.61. The molecule has 162 valence electrons. The molecular weight excluding hydrogens is 508 g/mol. The zero-order valence-electron chi connectivity index (χ0n) is 18.4.